The van der Waals surface area contributed by atoms with Gasteiger partial charge >= 0.3 is 0 Å². The molecule has 1 N–H and O–H groups in total. The van der Waals surface area contributed by atoms with Crippen LogP contribution in [0.5, 0.6) is 5.75 Å². The number of nitrogens with zero attached hydrogens (tertiary/aromatic N) is 2. The zero-order valence-electron chi connectivity index (χ0n) is 17.9. The third-order valence-corrected chi connectivity index (χ3v) is 4.97. The number of aromatic nitrogens is 2. The number of ether oxygens (including phenoxy) is 1. The second-order valence-electron chi connectivity index (χ2n) is 7.56. The van der Waals surface area contributed by atoms with E-state index in [1.165, 1.54) is 0 Å². The van der Waals surface area contributed by atoms with Gasteiger partial charge in [-0.1, -0.05) is 30.3 Å². The van der Waals surface area contributed by atoms with Crippen molar-refractivity contribution in [3.05, 3.63) is 101 Å². The van der Waals surface area contributed by atoms with Gasteiger partial charge in [-0.15, -0.1) is 0 Å². The first-order valence-electron chi connectivity index (χ1n) is 10.2. The molecule has 0 atom stereocenters. The van der Waals surface area contributed by atoms with Gasteiger partial charge < -0.3 is 14.5 Å². The number of amides is 1. The van der Waals surface area contributed by atoms with Gasteiger partial charge in [0.15, 0.2) is 5.76 Å². The maximum Gasteiger partial charge on any atom is 0.291 e. The number of nitrogens with one attached hydrogen (secondary N) is 1. The number of rotatable bonds is 7. The van der Waals surface area contributed by atoms with E-state index in [0.29, 0.717) is 18.0 Å². The number of hydrogen-bond acceptors (Lipinski definition) is 4. The van der Waals surface area contributed by atoms with E-state index < -0.39 is 0 Å². The molecule has 0 saturated heterocycles. The molecule has 0 aliphatic rings. The van der Waals surface area contributed by atoms with Crippen molar-refractivity contribution in [2.24, 2.45) is 0 Å². The Kier molecular flexibility index (Phi) is 5.89. The predicted molar refractivity (Wildman–Crippen MR) is 119 cm³/mol. The molecule has 1 amide bonds. The molecule has 6 nitrogen and oxygen atoms in total. The summed E-state index contributed by atoms with van der Waals surface area (Å²) in [4.78, 5) is 12.6. The maximum absolute atomic E-state index is 12.6. The Morgan fingerprint density at radius 1 is 1.03 bits per heavy atom. The van der Waals surface area contributed by atoms with Gasteiger partial charge in [0.05, 0.1) is 12.2 Å². The van der Waals surface area contributed by atoms with E-state index in [1.807, 2.05) is 80.1 Å². The largest absolute Gasteiger partial charge is 0.485 e. The molecule has 4 aromatic rings. The summed E-state index contributed by atoms with van der Waals surface area (Å²) in [7, 11) is 0. The van der Waals surface area contributed by atoms with Crippen molar-refractivity contribution in [1.82, 2.24) is 9.78 Å². The van der Waals surface area contributed by atoms with Crippen LogP contribution in [0.1, 0.15) is 38.8 Å². The average molecular weight is 415 g/mol. The molecule has 2 aromatic carbocycles. The van der Waals surface area contributed by atoms with E-state index in [0.717, 1.165) is 28.3 Å². The lowest BCUT2D eigenvalue weighted by atomic mass is 10.2. The highest BCUT2D eigenvalue weighted by Gasteiger charge is 2.13. The SMILES string of the molecule is Cc1cc(C)n(Cc2cccc(NC(=O)c3ccc(COc4ccccc4C)o3)c2)n1. The van der Waals surface area contributed by atoms with Crippen LogP contribution < -0.4 is 10.1 Å². The highest BCUT2D eigenvalue weighted by Crippen LogP contribution is 2.20. The molecule has 0 saturated carbocycles. The van der Waals surface area contributed by atoms with Gasteiger partial charge in [-0.2, -0.15) is 5.10 Å². The van der Waals surface area contributed by atoms with Crippen molar-refractivity contribution in [3.8, 4) is 5.75 Å². The lowest BCUT2D eigenvalue weighted by molar-refractivity contribution is 0.0992. The Morgan fingerprint density at radius 2 is 1.87 bits per heavy atom. The van der Waals surface area contributed by atoms with Crippen LogP contribution in [0.3, 0.4) is 0 Å². The first kappa shape index (κ1) is 20.5. The number of hydrogen-bond donors (Lipinski definition) is 1. The first-order chi connectivity index (χ1) is 15.0. The minimum atomic E-state index is -0.301. The molecule has 6 heteroatoms. The Labute approximate surface area is 181 Å². The molecule has 0 radical (unpaired) electrons. The van der Waals surface area contributed by atoms with Crippen molar-refractivity contribution >= 4 is 11.6 Å². The lowest BCUT2D eigenvalue weighted by Gasteiger charge is -2.08. The van der Waals surface area contributed by atoms with Crippen molar-refractivity contribution in [1.29, 1.82) is 0 Å². The summed E-state index contributed by atoms with van der Waals surface area (Å²) in [5.74, 6) is 1.33. The Morgan fingerprint density at radius 3 is 2.65 bits per heavy atom. The third-order valence-electron chi connectivity index (χ3n) is 4.97. The van der Waals surface area contributed by atoms with E-state index in [1.54, 1.807) is 12.1 Å². The molecule has 0 unspecified atom stereocenters. The number of aryl methyl sites for hydroxylation is 3. The Bertz CT molecular complexity index is 1210. The minimum Gasteiger partial charge on any atom is -0.485 e. The van der Waals surface area contributed by atoms with Crippen molar-refractivity contribution < 1.29 is 13.9 Å². The number of anilines is 1. The summed E-state index contributed by atoms with van der Waals surface area (Å²) in [6.07, 6.45) is 0. The monoisotopic (exact) mass is 415 g/mol. The third kappa shape index (κ3) is 5.04. The van der Waals surface area contributed by atoms with Gasteiger partial charge in [0, 0.05) is 11.4 Å². The highest BCUT2D eigenvalue weighted by atomic mass is 16.5. The van der Waals surface area contributed by atoms with Gasteiger partial charge in [0.1, 0.15) is 18.1 Å². The average Bonchev–Trinajstić information content (AvgIpc) is 3.34. The van der Waals surface area contributed by atoms with E-state index in [-0.39, 0.29) is 18.3 Å². The summed E-state index contributed by atoms with van der Waals surface area (Å²) in [6.45, 7) is 6.90. The second kappa shape index (κ2) is 8.92. The number of carbonyl (C=O) groups excluding carboxylic acids is 1. The standard InChI is InChI=1S/C25H25N3O3/c1-17-7-4-5-10-23(17)30-16-22-11-12-24(31-22)25(29)26-21-9-6-8-20(14-21)15-28-19(3)13-18(2)27-28/h4-14H,15-16H2,1-3H3,(H,26,29). The molecule has 2 heterocycles. The van der Waals surface area contributed by atoms with Crippen molar-refractivity contribution in [3.63, 3.8) is 0 Å². The van der Waals surface area contributed by atoms with E-state index in [4.69, 9.17) is 9.15 Å². The van der Waals surface area contributed by atoms with Crippen LogP contribution >= 0.6 is 0 Å². The molecule has 31 heavy (non-hydrogen) atoms. The normalized spacial score (nSPS) is 10.8. The minimum absolute atomic E-state index is 0.243. The fourth-order valence-corrected chi connectivity index (χ4v) is 3.39. The maximum atomic E-state index is 12.6. The molecule has 2 aromatic heterocycles. The topological polar surface area (TPSA) is 69.3 Å². The van der Waals surface area contributed by atoms with Gasteiger partial charge in [-0.3, -0.25) is 9.48 Å². The fraction of sp³-hybridized carbons (Fsp3) is 0.200. The number of benzene rings is 2. The number of furan rings is 1. The quantitative estimate of drug-likeness (QED) is 0.446. The zero-order chi connectivity index (χ0) is 21.8. The molecule has 0 spiro atoms. The van der Waals surface area contributed by atoms with Gasteiger partial charge in [0.2, 0.25) is 0 Å². The number of para-hydroxylation sites is 1. The second-order valence-corrected chi connectivity index (χ2v) is 7.56. The number of carbonyl (C=O) groups is 1. The smallest absolute Gasteiger partial charge is 0.291 e. The Balaban J connectivity index is 1.38. The molecule has 4 rings (SSSR count). The van der Waals surface area contributed by atoms with Crippen LogP contribution in [0, 0.1) is 20.8 Å². The molecular weight excluding hydrogens is 390 g/mol. The molecule has 0 fully saturated rings. The van der Waals surface area contributed by atoms with Gasteiger partial charge in [0.25, 0.3) is 5.91 Å². The van der Waals surface area contributed by atoms with Crippen LogP contribution in [0.4, 0.5) is 5.69 Å². The van der Waals surface area contributed by atoms with E-state index >= 15 is 0 Å². The van der Waals surface area contributed by atoms with Gasteiger partial charge in [-0.05, 0) is 68.3 Å². The van der Waals surface area contributed by atoms with Crippen molar-refractivity contribution in [2.75, 3.05) is 5.32 Å². The van der Waals surface area contributed by atoms with E-state index in [2.05, 4.69) is 10.4 Å². The Hall–Kier alpha value is -3.80. The fourth-order valence-electron chi connectivity index (χ4n) is 3.39. The van der Waals surface area contributed by atoms with Crippen LogP contribution in [-0.2, 0) is 13.2 Å². The lowest BCUT2D eigenvalue weighted by Crippen LogP contribution is -2.11. The predicted octanol–water partition coefficient (Wildman–Crippen LogP) is 5.28. The summed E-state index contributed by atoms with van der Waals surface area (Å²) in [5.41, 5.74) is 4.89. The van der Waals surface area contributed by atoms with Crippen LogP contribution in [0.15, 0.2) is 71.1 Å². The summed E-state index contributed by atoms with van der Waals surface area (Å²) >= 11 is 0. The molecule has 0 aliphatic carbocycles. The summed E-state index contributed by atoms with van der Waals surface area (Å²) < 4.78 is 13.4. The van der Waals surface area contributed by atoms with Crippen LogP contribution in [0.25, 0.3) is 0 Å². The summed E-state index contributed by atoms with van der Waals surface area (Å²) in [6, 6.07) is 21.0. The molecule has 0 aliphatic heterocycles. The highest BCUT2D eigenvalue weighted by molar-refractivity contribution is 6.02. The van der Waals surface area contributed by atoms with Gasteiger partial charge in [-0.25, -0.2) is 0 Å². The van der Waals surface area contributed by atoms with E-state index in [9.17, 15) is 4.79 Å². The molecule has 0 bridgehead atoms. The molecular formula is C25H25N3O3. The first-order valence-corrected chi connectivity index (χ1v) is 10.2. The van der Waals surface area contributed by atoms with Crippen LogP contribution in [0.2, 0.25) is 0 Å². The zero-order valence-corrected chi connectivity index (χ0v) is 17.9. The van der Waals surface area contributed by atoms with Crippen molar-refractivity contribution in [2.45, 2.75) is 33.9 Å². The molecule has 158 valence electrons. The van der Waals surface area contributed by atoms with Crippen LogP contribution in [-0.4, -0.2) is 15.7 Å². The summed E-state index contributed by atoms with van der Waals surface area (Å²) in [5, 5.41) is 7.39.